The maximum absolute atomic E-state index is 11.8. The first kappa shape index (κ1) is 15.2. The number of nitrogens with one attached hydrogen (secondary N) is 1. The van der Waals surface area contributed by atoms with Gasteiger partial charge in [-0.1, -0.05) is 13.3 Å². The molecule has 0 aliphatic heterocycles. The highest BCUT2D eigenvalue weighted by Crippen LogP contribution is 1.96. The van der Waals surface area contributed by atoms with Crippen LogP contribution in [-0.4, -0.2) is 55.5 Å². The van der Waals surface area contributed by atoms with Crippen LogP contribution < -0.4 is 5.32 Å². The summed E-state index contributed by atoms with van der Waals surface area (Å²) in [6.45, 7) is 5.51. The molecule has 0 saturated carbocycles. The number of carbonyl (C=O) groups excluding carboxylic acids is 1. The van der Waals surface area contributed by atoms with Gasteiger partial charge in [-0.25, -0.2) is 4.79 Å². The van der Waals surface area contributed by atoms with Gasteiger partial charge in [0.2, 0.25) is 0 Å². The van der Waals surface area contributed by atoms with Crippen LogP contribution in [0.1, 0.15) is 26.7 Å². The van der Waals surface area contributed by atoms with Crippen molar-refractivity contribution in [3.8, 4) is 0 Å². The fraction of sp³-hybridized carbons (Fsp3) is 0.909. The highest BCUT2D eigenvalue weighted by Gasteiger charge is 2.14. The van der Waals surface area contributed by atoms with E-state index in [0.717, 1.165) is 12.8 Å². The van der Waals surface area contributed by atoms with Gasteiger partial charge >= 0.3 is 6.03 Å². The number of aliphatic hydroxyl groups is 1. The van der Waals surface area contributed by atoms with E-state index in [0.29, 0.717) is 19.7 Å². The van der Waals surface area contributed by atoms with E-state index in [9.17, 15) is 4.79 Å². The average Bonchev–Trinajstić information content (AvgIpc) is 2.24. The molecule has 0 spiro atoms. The van der Waals surface area contributed by atoms with Crippen LogP contribution in [-0.2, 0) is 4.74 Å². The summed E-state index contributed by atoms with van der Waals surface area (Å²) in [5, 5.41) is 11.7. The maximum atomic E-state index is 11.8. The van der Waals surface area contributed by atoms with Crippen molar-refractivity contribution in [3.63, 3.8) is 0 Å². The van der Waals surface area contributed by atoms with Gasteiger partial charge in [0.05, 0.1) is 19.3 Å². The number of unbranched alkanes of at least 4 members (excludes halogenated alkanes) is 1. The normalized spacial score (nSPS) is 12.2. The molecule has 2 N–H and O–H groups in total. The number of urea groups is 1. The van der Waals surface area contributed by atoms with Gasteiger partial charge in [0, 0.05) is 20.2 Å². The van der Waals surface area contributed by atoms with E-state index in [1.165, 1.54) is 0 Å². The summed E-state index contributed by atoms with van der Waals surface area (Å²) in [4.78, 5) is 13.4. The molecular formula is C11H24N2O3. The lowest BCUT2D eigenvalue weighted by Crippen LogP contribution is -2.46. The number of hydrogen-bond acceptors (Lipinski definition) is 3. The van der Waals surface area contributed by atoms with Gasteiger partial charge in [0.15, 0.2) is 0 Å². The minimum Gasteiger partial charge on any atom is -0.395 e. The molecule has 5 nitrogen and oxygen atoms in total. The van der Waals surface area contributed by atoms with Gasteiger partial charge in [0.25, 0.3) is 0 Å². The zero-order chi connectivity index (χ0) is 12.4. The Kier molecular flexibility index (Phi) is 8.94. The van der Waals surface area contributed by atoms with Crippen molar-refractivity contribution in [2.24, 2.45) is 0 Å². The van der Waals surface area contributed by atoms with Gasteiger partial charge in [-0.3, -0.25) is 0 Å². The number of rotatable bonds is 8. The molecular weight excluding hydrogens is 208 g/mol. The third-order valence-electron chi connectivity index (χ3n) is 2.23. The molecule has 0 bridgehead atoms. The molecule has 5 heteroatoms. The number of methoxy groups -OCH3 is 1. The van der Waals surface area contributed by atoms with E-state index in [2.05, 4.69) is 12.2 Å². The number of carbonyl (C=O) groups is 1. The largest absolute Gasteiger partial charge is 0.395 e. The molecule has 0 aromatic heterocycles. The third-order valence-corrected chi connectivity index (χ3v) is 2.23. The summed E-state index contributed by atoms with van der Waals surface area (Å²) >= 11 is 0. The minimum atomic E-state index is -0.132. The number of hydrogen-bond donors (Lipinski definition) is 2. The van der Waals surface area contributed by atoms with Crippen LogP contribution in [0.5, 0.6) is 0 Å². The Balaban J connectivity index is 4.04. The summed E-state index contributed by atoms with van der Waals surface area (Å²) in [5.41, 5.74) is 0. The second-order valence-electron chi connectivity index (χ2n) is 3.87. The minimum absolute atomic E-state index is 0.00417. The lowest BCUT2D eigenvalue weighted by Gasteiger charge is -2.24. The molecule has 0 aliphatic carbocycles. The topological polar surface area (TPSA) is 61.8 Å². The first-order valence-corrected chi connectivity index (χ1v) is 5.80. The van der Waals surface area contributed by atoms with Crippen LogP contribution in [0.25, 0.3) is 0 Å². The summed E-state index contributed by atoms with van der Waals surface area (Å²) in [6.07, 6.45) is 1.98. The van der Waals surface area contributed by atoms with Crippen LogP contribution in [0.15, 0.2) is 0 Å². The van der Waals surface area contributed by atoms with E-state index in [1.54, 1.807) is 12.0 Å². The Morgan fingerprint density at radius 2 is 2.19 bits per heavy atom. The first-order chi connectivity index (χ1) is 7.65. The van der Waals surface area contributed by atoms with Crippen LogP contribution in [0.3, 0.4) is 0 Å². The van der Waals surface area contributed by atoms with Crippen LogP contribution in [0.2, 0.25) is 0 Å². The van der Waals surface area contributed by atoms with Gasteiger partial charge in [0.1, 0.15) is 0 Å². The predicted molar refractivity (Wildman–Crippen MR) is 63.4 cm³/mol. The van der Waals surface area contributed by atoms with Gasteiger partial charge in [-0.2, -0.15) is 0 Å². The van der Waals surface area contributed by atoms with Crippen LogP contribution >= 0.6 is 0 Å². The van der Waals surface area contributed by atoms with Crippen LogP contribution in [0, 0.1) is 0 Å². The molecule has 0 aromatic rings. The van der Waals surface area contributed by atoms with Gasteiger partial charge in [-0.15, -0.1) is 0 Å². The predicted octanol–water partition coefficient (Wildman–Crippen LogP) is 0.825. The van der Waals surface area contributed by atoms with Crippen LogP contribution in [0.4, 0.5) is 4.79 Å². The van der Waals surface area contributed by atoms with E-state index < -0.39 is 0 Å². The monoisotopic (exact) mass is 232 g/mol. The SMILES string of the molecule is CCCCN(CCO)C(=O)NC(C)COC. The van der Waals surface area contributed by atoms with E-state index in [-0.39, 0.29) is 18.7 Å². The van der Waals surface area contributed by atoms with Crippen molar-refractivity contribution in [1.29, 1.82) is 0 Å². The van der Waals surface area contributed by atoms with Crippen molar-refractivity contribution in [2.75, 3.05) is 33.4 Å². The number of aliphatic hydroxyl groups excluding tert-OH is 1. The molecule has 2 amide bonds. The zero-order valence-electron chi connectivity index (χ0n) is 10.5. The van der Waals surface area contributed by atoms with Crippen molar-refractivity contribution in [3.05, 3.63) is 0 Å². The van der Waals surface area contributed by atoms with Crippen molar-refractivity contribution in [1.82, 2.24) is 10.2 Å². The zero-order valence-corrected chi connectivity index (χ0v) is 10.5. The second-order valence-corrected chi connectivity index (χ2v) is 3.87. The lowest BCUT2D eigenvalue weighted by molar-refractivity contribution is 0.151. The highest BCUT2D eigenvalue weighted by molar-refractivity contribution is 5.74. The summed E-state index contributed by atoms with van der Waals surface area (Å²) in [6, 6.07) is -0.146. The molecule has 16 heavy (non-hydrogen) atoms. The standard InChI is InChI=1S/C11H24N2O3/c1-4-5-6-13(7-8-14)11(15)12-10(2)9-16-3/h10,14H,4-9H2,1-3H3,(H,12,15). The van der Waals surface area contributed by atoms with Crippen molar-refractivity contribution < 1.29 is 14.6 Å². The molecule has 0 aliphatic rings. The Morgan fingerprint density at radius 1 is 1.50 bits per heavy atom. The third kappa shape index (κ3) is 6.63. The fourth-order valence-corrected chi connectivity index (χ4v) is 1.38. The summed E-state index contributed by atoms with van der Waals surface area (Å²) < 4.78 is 4.94. The molecule has 0 heterocycles. The fourth-order valence-electron chi connectivity index (χ4n) is 1.38. The lowest BCUT2D eigenvalue weighted by atomic mass is 10.3. The van der Waals surface area contributed by atoms with Crippen molar-refractivity contribution >= 4 is 6.03 Å². The Morgan fingerprint density at radius 3 is 2.69 bits per heavy atom. The molecule has 1 unspecified atom stereocenters. The van der Waals surface area contributed by atoms with Gasteiger partial charge in [-0.05, 0) is 13.3 Å². The Labute approximate surface area is 97.8 Å². The Hall–Kier alpha value is -0.810. The highest BCUT2D eigenvalue weighted by atomic mass is 16.5. The molecule has 0 aromatic carbocycles. The molecule has 0 fully saturated rings. The number of ether oxygens (including phenoxy) is 1. The maximum Gasteiger partial charge on any atom is 0.317 e. The number of amides is 2. The van der Waals surface area contributed by atoms with E-state index >= 15 is 0 Å². The summed E-state index contributed by atoms with van der Waals surface area (Å²) in [5.74, 6) is 0. The Bertz CT molecular complexity index is 188. The van der Waals surface area contributed by atoms with Gasteiger partial charge < -0.3 is 20.1 Å². The molecule has 0 radical (unpaired) electrons. The molecule has 0 rings (SSSR count). The van der Waals surface area contributed by atoms with E-state index in [1.807, 2.05) is 6.92 Å². The summed E-state index contributed by atoms with van der Waals surface area (Å²) in [7, 11) is 1.60. The van der Waals surface area contributed by atoms with Crippen molar-refractivity contribution in [2.45, 2.75) is 32.7 Å². The smallest absolute Gasteiger partial charge is 0.317 e. The van der Waals surface area contributed by atoms with E-state index in [4.69, 9.17) is 9.84 Å². The second kappa shape index (κ2) is 9.42. The average molecular weight is 232 g/mol. The molecule has 96 valence electrons. The molecule has 1 atom stereocenters. The quantitative estimate of drug-likeness (QED) is 0.651. The molecule has 0 saturated heterocycles. The number of nitrogens with zero attached hydrogens (tertiary/aromatic N) is 1. The first-order valence-electron chi connectivity index (χ1n) is 5.80.